The normalized spacial score (nSPS) is 12.0. The zero-order chi connectivity index (χ0) is 26.6. The lowest BCUT2D eigenvalue weighted by molar-refractivity contribution is 0.570. The Balaban J connectivity index is 1.40. The molecular weight excluding hydrogens is 476 g/mol. The predicted molar refractivity (Wildman–Crippen MR) is 162 cm³/mol. The molecule has 7 aromatic rings. The first-order chi connectivity index (χ1) is 19.0. The number of benzene rings is 4. The molecule has 0 N–H and O–H groups in total. The topological polar surface area (TPSA) is 38.9 Å². The fourth-order valence-electron chi connectivity index (χ4n) is 5.40. The summed E-state index contributed by atoms with van der Waals surface area (Å²) in [6, 6.07) is 36.5. The molecule has 0 fully saturated rings. The molecule has 0 amide bonds. The maximum absolute atomic E-state index is 5.91. The summed E-state index contributed by atoms with van der Waals surface area (Å²) in [7, 11) is 0. The van der Waals surface area contributed by atoms with Crippen molar-refractivity contribution in [3.63, 3.8) is 0 Å². The average molecular weight is 505 g/mol. The van der Waals surface area contributed by atoms with Crippen molar-refractivity contribution >= 4 is 32.6 Å². The van der Waals surface area contributed by atoms with Gasteiger partial charge in [0.1, 0.15) is 5.52 Å². The van der Waals surface area contributed by atoms with Crippen LogP contribution in [0, 0.1) is 0 Å². The van der Waals surface area contributed by atoms with Crippen LogP contribution in [0.2, 0.25) is 0 Å². The Morgan fingerprint density at radius 1 is 0.615 bits per heavy atom. The van der Waals surface area contributed by atoms with Crippen LogP contribution in [0.3, 0.4) is 0 Å². The molecule has 0 aliphatic carbocycles. The minimum Gasteiger partial charge on any atom is -0.462 e. The van der Waals surface area contributed by atoms with Gasteiger partial charge in [-0.1, -0.05) is 87.5 Å². The summed E-state index contributed by atoms with van der Waals surface area (Å²) in [6.45, 7) is 6.55. The van der Waals surface area contributed by atoms with E-state index in [0.29, 0.717) is 0 Å². The van der Waals surface area contributed by atoms with Gasteiger partial charge in [0, 0.05) is 39.2 Å². The van der Waals surface area contributed by atoms with Crippen LogP contribution in [-0.4, -0.2) is 9.97 Å². The van der Waals surface area contributed by atoms with Crippen LogP contribution >= 0.6 is 0 Å². The smallest absolute Gasteiger partial charge is 0.160 e. The highest BCUT2D eigenvalue weighted by Crippen LogP contribution is 2.39. The summed E-state index contributed by atoms with van der Waals surface area (Å²) in [6.07, 6.45) is 3.61. The number of nitrogens with zero attached hydrogens (tertiary/aromatic N) is 2. The molecule has 3 heteroatoms. The first-order valence-electron chi connectivity index (χ1n) is 13.3. The van der Waals surface area contributed by atoms with E-state index in [4.69, 9.17) is 14.4 Å². The van der Waals surface area contributed by atoms with Crippen molar-refractivity contribution in [2.75, 3.05) is 0 Å². The van der Waals surface area contributed by atoms with Gasteiger partial charge >= 0.3 is 0 Å². The minimum absolute atomic E-state index is 0.0647. The summed E-state index contributed by atoms with van der Waals surface area (Å²) < 4.78 is 5.91. The number of rotatable bonds is 3. The van der Waals surface area contributed by atoms with Crippen molar-refractivity contribution in [2.45, 2.75) is 26.2 Å². The molecule has 3 heterocycles. The number of fused-ring (bicyclic) bond motifs is 4. The number of pyridine rings is 2. The van der Waals surface area contributed by atoms with Gasteiger partial charge in [-0.3, -0.25) is 4.98 Å². The summed E-state index contributed by atoms with van der Waals surface area (Å²) in [5.74, 6) is 0. The standard InChI is InChI=1S/C36H28N2O/c1-36(2,3)32-16-15-30-31(22-28-17-19-39-35(28)34(30)38-32)33-29(10-7-18-37-33)27-14-13-25-20-24(11-12-26(25)21-27)23-8-5-4-6-9-23/h4-22H,1-3H3. The second kappa shape index (κ2) is 8.92. The van der Waals surface area contributed by atoms with Gasteiger partial charge in [0.25, 0.3) is 0 Å². The molecule has 7 rings (SSSR count). The fourth-order valence-corrected chi connectivity index (χ4v) is 5.40. The lowest BCUT2D eigenvalue weighted by atomic mass is 9.90. The number of furan rings is 1. The Morgan fingerprint density at radius 3 is 2.18 bits per heavy atom. The third-order valence-corrected chi connectivity index (χ3v) is 7.49. The van der Waals surface area contributed by atoms with Crippen molar-refractivity contribution in [1.29, 1.82) is 0 Å². The SMILES string of the molecule is CC(C)(C)c1ccc2c(-c3ncccc3-c3ccc4cc(-c5ccccc5)ccc4c3)cc3ccoc3c2n1. The van der Waals surface area contributed by atoms with E-state index < -0.39 is 0 Å². The molecule has 0 saturated heterocycles. The Bertz CT molecular complexity index is 2000. The van der Waals surface area contributed by atoms with Gasteiger partial charge < -0.3 is 4.42 Å². The molecule has 3 aromatic heterocycles. The molecule has 0 aliphatic heterocycles. The number of hydrogen-bond donors (Lipinski definition) is 0. The van der Waals surface area contributed by atoms with Crippen LogP contribution < -0.4 is 0 Å². The second-order valence-electron chi connectivity index (χ2n) is 11.1. The number of hydrogen-bond acceptors (Lipinski definition) is 3. The lowest BCUT2D eigenvalue weighted by Crippen LogP contribution is -2.13. The Labute approximate surface area is 227 Å². The maximum atomic E-state index is 5.91. The molecule has 3 nitrogen and oxygen atoms in total. The highest BCUT2D eigenvalue weighted by atomic mass is 16.3. The summed E-state index contributed by atoms with van der Waals surface area (Å²) in [5.41, 5.74) is 9.34. The van der Waals surface area contributed by atoms with Gasteiger partial charge in [-0.25, -0.2) is 4.98 Å². The van der Waals surface area contributed by atoms with Crippen molar-refractivity contribution in [1.82, 2.24) is 9.97 Å². The van der Waals surface area contributed by atoms with Gasteiger partial charge in [-0.05, 0) is 63.9 Å². The molecule has 39 heavy (non-hydrogen) atoms. The monoisotopic (exact) mass is 504 g/mol. The van der Waals surface area contributed by atoms with E-state index in [1.165, 1.54) is 21.9 Å². The molecule has 0 saturated carbocycles. The van der Waals surface area contributed by atoms with Crippen LogP contribution in [0.1, 0.15) is 26.5 Å². The molecule has 0 atom stereocenters. The van der Waals surface area contributed by atoms with E-state index in [-0.39, 0.29) is 5.41 Å². The highest BCUT2D eigenvalue weighted by molar-refractivity contribution is 6.10. The van der Waals surface area contributed by atoms with Gasteiger partial charge in [0.2, 0.25) is 0 Å². The van der Waals surface area contributed by atoms with Crippen molar-refractivity contribution in [3.05, 3.63) is 121 Å². The van der Waals surface area contributed by atoms with Gasteiger partial charge in [-0.15, -0.1) is 0 Å². The fraction of sp³-hybridized carbons (Fsp3) is 0.111. The predicted octanol–water partition coefficient (Wildman–Crippen LogP) is 9.83. The molecule has 188 valence electrons. The Morgan fingerprint density at radius 2 is 1.38 bits per heavy atom. The first kappa shape index (κ1) is 23.4. The average Bonchev–Trinajstić information content (AvgIpc) is 3.45. The van der Waals surface area contributed by atoms with Crippen LogP contribution in [0.4, 0.5) is 0 Å². The van der Waals surface area contributed by atoms with E-state index in [1.54, 1.807) is 6.26 Å². The third kappa shape index (κ3) is 4.07. The Hall–Kier alpha value is -4.76. The van der Waals surface area contributed by atoms with Crippen LogP contribution in [0.15, 0.2) is 120 Å². The third-order valence-electron chi connectivity index (χ3n) is 7.49. The molecular formula is C36H28N2O. The maximum Gasteiger partial charge on any atom is 0.160 e. The van der Waals surface area contributed by atoms with Gasteiger partial charge in [-0.2, -0.15) is 0 Å². The van der Waals surface area contributed by atoms with Crippen molar-refractivity contribution < 1.29 is 4.42 Å². The van der Waals surface area contributed by atoms with Crippen molar-refractivity contribution in [3.8, 4) is 33.5 Å². The summed E-state index contributed by atoms with van der Waals surface area (Å²) >= 11 is 0. The minimum atomic E-state index is -0.0647. The summed E-state index contributed by atoms with van der Waals surface area (Å²) in [4.78, 5) is 10.0. The zero-order valence-electron chi connectivity index (χ0n) is 22.3. The molecule has 0 radical (unpaired) electrons. The largest absolute Gasteiger partial charge is 0.462 e. The number of aromatic nitrogens is 2. The highest BCUT2D eigenvalue weighted by Gasteiger charge is 2.20. The van der Waals surface area contributed by atoms with Gasteiger partial charge in [0.05, 0.1) is 12.0 Å². The van der Waals surface area contributed by atoms with Gasteiger partial charge in [0.15, 0.2) is 5.58 Å². The van der Waals surface area contributed by atoms with Crippen molar-refractivity contribution in [2.24, 2.45) is 0 Å². The van der Waals surface area contributed by atoms with E-state index in [0.717, 1.165) is 50.0 Å². The summed E-state index contributed by atoms with van der Waals surface area (Å²) in [5, 5.41) is 4.49. The van der Waals surface area contributed by atoms with Crippen LogP contribution in [-0.2, 0) is 5.41 Å². The lowest BCUT2D eigenvalue weighted by Gasteiger charge is -2.19. The quantitative estimate of drug-likeness (QED) is 0.240. The molecule has 0 aliphatic rings. The van der Waals surface area contributed by atoms with E-state index in [2.05, 4.69) is 112 Å². The second-order valence-corrected chi connectivity index (χ2v) is 11.1. The molecule has 0 unspecified atom stereocenters. The van der Waals surface area contributed by atoms with E-state index >= 15 is 0 Å². The van der Waals surface area contributed by atoms with E-state index in [9.17, 15) is 0 Å². The Kier molecular flexibility index (Phi) is 5.34. The van der Waals surface area contributed by atoms with Crippen LogP contribution in [0.25, 0.3) is 66.2 Å². The first-order valence-corrected chi connectivity index (χ1v) is 13.3. The molecule has 4 aromatic carbocycles. The van der Waals surface area contributed by atoms with Crippen LogP contribution in [0.5, 0.6) is 0 Å². The van der Waals surface area contributed by atoms with E-state index in [1.807, 2.05) is 18.3 Å². The zero-order valence-corrected chi connectivity index (χ0v) is 22.3. The molecule has 0 bridgehead atoms. The molecule has 0 spiro atoms.